The highest BCUT2D eigenvalue weighted by molar-refractivity contribution is 9.10. The van der Waals surface area contributed by atoms with Crippen LogP contribution < -0.4 is 11.1 Å². The fourth-order valence-electron chi connectivity index (χ4n) is 2.90. The van der Waals surface area contributed by atoms with Crippen LogP contribution in [0.15, 0.2) is 16.6 Å². The van der Waals surface area contributed by atoms with Crippen LogP contribution in [0.4, 0.5) is 5.69 Å². The van der Waals surface area contributed by atoms with Gasteiger partial charge in [0.1, 0.15) is 13.2 Å². The Morgan fingerprint density at radius 2 is 1.88 bits per heavy atom. The molecule has 3 N–H and O–H groups in total. The van der Waals surface area contributed by atoms with Crippen molar-refractivity contribution in [1.29, 1.82) is 0 Å². The SMILES string of the molecule is CC(=O)OCCOC(=O)c1cc(Br)c(N)c(CNC2CCCCC2)c1. The molecule has 0 unspecified atom stereocenters. The molecule has 6 nitrogen and oxygen atoms in total. The Bertz CT molecular complexity index is 615. The van der Waals surface area contributed by atoms with Gasteiger partial charge in [-0.15, -0.1) is 0 Å². The van der Waals surface area contributed by atoms with Crippen molar-refractivity contribution in [2.45, 2.75) is 51.6 Å². The molecule has 138 valence electrons. The maximum Gasteiger partial charge on any atom is 0.338 e. The second kappa shape index (κ2) is 9.77. The molecular formula is C18H25BrN2O4. The number of rotatable bonds is 7. The molecule has 25 heavy (non-hydrogen) atoms. The van der Waals surface area contributed by atoms with E-state index in [9.17, 15) is 9.59 Å². The minimum atomic E-state index is -0.466. The van der Waals surface area contributed by atoms with Gasteiger partial charge in [0.2, 0.25) is 0 Å². The van der Waals surface area contributed by atoms with Crippen molar-refractivity contribution in [3.05, 3.63) is 27.7 Å². The molecule has 1 fully saturated rings. The number of nitrogens with two attached hydrogens (primary N) is 1. The number of esters is 2. The number of hydrogen-bond donors (Lipinski definition) is 2. The molecule has 1 aromatic rings. The molecule has 0 spiro atoms. The topological polar surface area (TPSA) is 90.7 Å². The van der Waals surface area contributed by atoms with Gasteiger partial charge in [0.25, 0.3) is 0 Å². The third-order valence-corrected chi connectivity index (χ3v) is 4.92. The van der Waals surface area contributed by atoms with Crippen LogP contribution in [0.5, 0.6) is 0 Å². The zero-order chi connectivity index (χ0) is 18.2. The van der Waals surface area contributed by atoms with Crippen LogP contribution in [0.25, 0.3) is 0 Å². The van der Waals surface area contributed by atoms with E-state index in [1.165, 1.54) is 39.0 Å². The predicted octanol–water partition coefficient (Wildman–Crippen LogP) is 3.17. The molecule has 7 heteroatoms. The van der Waals surface area contributed by atoms with Gasteiger partial charge in [-0.3, -0.25) is 4.79 Å². The highest BCUT2D eigenvalue weighted by atomic mass is 79.9. The first-order valence-corrected chi connectivity index (χ1v) is 9.38. The van der Waals surface area contributed by atoms with Gasteiger partial charge in [-0.2, -0.15) is 0 Å². The fourth-order valence-corrected chi connectivity index (χ4v) is 3.40. The summed E-state index contributed by atoms with van der Waals surface area (Å²) >= 11 is 3.40. The van der Waals surface area contributed by atoms with Crippen LogP contribution in [-0.2, 0) is 20.8 Å². The molecule has 0 aliphatic heterocycles. The molecule has 0 saturated heterocycles. The maximum absolute atomic E-state index is 12.2. The van der Waals surface area contributed by atoms with E-state index in [-0.39, 0.29) is 13.2 Å². The Hall–Kier alpha value is -1.60. The van der Waals surface area contributed by atoms with Crippen LogP contribution >= 0.6 is 15.9 Å². The molecule has 1 aromatic carbocycles. The van der Waals surface area contributed by atoms with Gasteiger partial charge in [0.05, 0.1) is 11.3 Å². The first-order chi connectivity index (χ1) is 12.0. The van der Waals surface area contributed by atoms with Crippen molar-refractivity contribution in [3.8, 4) is 0 Å². The molecule has 1 aliphatic carbocycles. The lowest BCUT2D eigenvalue weighted by Crippen LogP contribution is -2.30. The van der Waals surface area contributed by atoms with Gasteiger partial charge in [-0.1, -0.05) is 19.3 Å². The van der Waals surface area contributed by atoms with Gasteiger partial charge in [0, 0.05) is 24.0 Å². The van der Waals surface area contributed by atoms with Crippen LogP contribution in [0, 0.1) is 0 Å². The van der Waals surface area contributed by atoms with E-state index >= 15 is 0 Å². The summed E-state index contributed by atoms with van der Waals surface area (Å²) in [6.07, 6.45) is 6.18. The van der Waals surface area contributed by atoms with Crippen molar-refractivity contribution in [2.75, 3.05) is 18.9 Å². The van der Waals surface area contributed by atoms with Crippen molar-refractivity contribution < 1.29 is 19.1 Å². The lowest BCUT2D eigenvalue weighted by Gasteiger charge is -2.23. The normalized spacial score (nSPS) is 15.0. The Balaban J connectivity index is 1.95. The van der Waals surface area contributed by atoms with E-state index in [2.05, 4.69) is 21.2 Å². The zero-order valence-electron chi connectivity index (χ0n) is 14.5. The lowest BCUT2D eigenvalue weighted by atomic mass is 9.95. The molecule has 0 radical (unpaired) electrons. The summed E-state index contributed by atoms with van der Waals surface area (Å²) < 4.78 is 10.5. The lowest BCUT2D eigenvalue weighted by molar-refractivity contribution is -0.142. The van der Waals surface area contributed by atoms with E-state index in [0.29, 0.717) is 28.3 Å². The largest absolute Gasteiger partial charge is 0.462 e. The van der Waals surface area contributed by atoms with E-state index in [1.54, 1.807) is 12.1 Å². The molecule has 0 bridgehead atoms. The standard InChI is InChI=1S/C18H25BrN2O4/c1-12(22)24-7-8-25-18(23)13-9-14(17(20)16(19)10-13)11-21-15-5-3-2-4-6-15/h9-10,15,21H,2-8,11,20H2,1H3. The van der Waals surface area contributed by atoms with Gasteiger partial charge in [-0.05, 0) is 46.5 Å². The maximum atomic E-state index is 12.2. The van der Waals surface area contributed by atoms with Crippen LogP contribution in [-0.4, -0.2) is 31.2 Å². The quantitative estimate of drug-likeness (QED) is 0.406. The smallest absolute Gasteiger partial charge is 0.338 e. The number of nitrogens with one attached hydrogen (secondary N) is 1. The minimum Gasteiger partial charge on any atom is -0.462 e. The number of ether oxygens (including phenoxy) is 2. The average molecular weight is 413 g/mol. The van der Waals surface area contributed by atoms with Crippen molar-refractivity contribution >= 4 is 33.6 Å². The third-order valence-electron chi connectivity index (χ3n) is 4.26. The summed E-state index contributed by atoms with van der Waals surface area (Å²) in [4.78, 5) is 22.9. The highest BCUT2D eigenvalue weighted by Gasteiger charge is 2.16. The molecule has 2 rings (SSSR count). The summed E-state index contributed by atoms with van der Waals surface area (Å²) in [7, 11) is 0. The Morgan fingerprint density at radius 1 is 1.20 bits per heavy atom. The first kappa shape index (κ1) is 19.7. The minimum absolute atomic E-state index is 0.0239. The summed E-state index contributed by atoms with van der Waals surface area (Å²) in [5.41, 5.74) is 8.04. The van der Waals surface area contributed by atoms with Crippen molar-refractivity contribution in [1.82, 2.24) is 5.32 Å². The molecule has 1 saturated carbocycles. The van der Waals surface area contributed by atoms with Gasteiger partial charge in [-0.25, -0.2) is 4.79 Å². The Labute approximate surface area is 156 Å². The monoisotopic (exact) mass is 412 g/mol. The van der Waals surface area contributed by atoms with Gasteiger partial charge >= 0.3 is 11.9 Å². The Morgan fingerprint density at radius 3 is 2.56 bits per heavy atom. The van der Waals surface area contributed by atoms with Crippen LogP contribution in [0.2, 0.25) is 0 Å². The molecule has 0 atom stereocenters. The van der Waals surface area contributed by atoms with Gasteiger partial charge in [0.15, 0.2) is 0 Å². The van der Waals surface area contributed by atoms with E-state index in [0.717, 1.165) is 5.56 Å². The summed E-state index contributed by atoms with van der Waals surface area (Å²) in [5.74, 6) is -0.867. The molecule has 0 aromatic heterocycles. The second-order valence-electron chi connectivity index (χ2n) is 6.22. The summed E-state index contributed by atoms with van der Waals surface area (Å²) in [6.45, 7) is 2.00. The number of halogens is 1. The number of anilines is 1. The molecule has 0 heterocycles. The van der Waals surface area contributed by atoms with Crippen molar-refractivity contribution in [3.63, 3.8) is 0 Å². The number of carbonyl (C=O) groups excluding carboxylic acids is 2. The van der Waals surface area contributed by atoms with E-state index < -0.39 is 11.9 Å². The van der Waals surface area contributed by atoms with Gasteiger partial charge < -0.3 is 20.5 Å². The zero-order valence-corrected chi connectivity index (χ0v) is 16.1. The number of benzene rings is 1. The predicted molar refractivity (Wildman–Crippen MR) is 99.2 cm³/mol. The molecule has 0 amide bonds. The number of nitrogen functional groups attached to an aromatic ring is 1. The Kier molecular flexibility index (Phi) is 7.71. The van der Waals surface area contributed by atoms with Crippen molar-refractivity contribution in [2.24, 2.45) is 0 Å². The average Bonchev–Trinajstić information content (AvgIpc) is 2.60. The molecule has 1 aliphatic rings. The first-order valence-electron chi connectivity index (χ1n) is 8.59. The number of carbonyl (C=O) groups is 2. The summed E-state index contributed by atoms with van der Waals surface area (Å²) in [5, 5.41) is 3.53. The fraction of sp³-hybridized carbons (Fsp3) is 0.556. The third kappa shape index (κ3) is 6.32. The molecular weight excluding hydrogens is 388 g/mol. The second-order valence-corrected chi connectivity index (χ2v) is 7.08. The van der Waals surface area contributed by atoms with E-state index in [1.807, 2.05) is 0 Å². The highest BCUT2D eigenvalue weighted by Crippen LogP contribution is 2.27. The van der Waals surface area contributed by atoms with Crippen LogP contribution in [0.3, 0.4) is 0 Å². The van der Waals surface area contributed by atoms with E-state index in [4.69, 9.17) is 15.2 Å². The summed E-state index contributed by atoms with van der Waals surface area (Å²) in [6, 6.07) is 3.91. The number of hydrogen-bond acceptors (Lipinski definition) is 6. The van der Waals surface area contributed by atoms with Crippen LogP contribution in [0.1, 0.15) is 54.9 Å².